The van der Waals surface area contributed by atoms with Crippen molar-refractivity contribution >= 4 is 17.5 Å². The molecule has 3 aliphatic heterocycles. The number of piperazine rings is 2. The molecule has 4 rings (SSSR count). The second kappa shape index (κ2) is 9.68. The minimum atomic E-state index is -4.33. The number of nitrogens with zero attached hydrogens (tertiary/aromatic N) is 4. The smallest absolute Gasteiger partial charge is 0.369 e. The van der Waals surface area contributed by atoms with Crippen molar-refractivity contribution < 1.29 is 22.8 Å². The van der Waals surface area contributed by atoms with Gasteiger partial charge >= 0.3 is 6.18 Å². The Bertz CT molecular complexity index is 824. The zero-order valence-electron chi connectivity index (χ0n) is 18.3. The maximum absolute atomic E-state index is 13.0. The van der Waals surface area contributed by atoms with Gasteiger partial charge in [-0.2, -0.15) is 13.2 Å². The van der Waals surface area contributed by atoms with Crippen LogP contribution in [0.3, 0.4) is 0 Å². The first kappa shape index (κ1) is 22.9. The number of hydrogen-bond acceptors (Lipinski definition) is 4. The van der Waals surface area contributed by atoms with E-state index in [1.807, 2.05) is 4.90 Å². The normalized spacial score (nSPS) is 23.0. The van der Waals surface area contributed by atoms with Crippen LogP contribution in [0.15, 0.2) is 24.3 Å². The number of piperidine rings is 1. The van der Waals surface area contributed by atoms with Crippen LogP contribution < -0.4 is 4.90 Å². The lowest BCUT2D eigenvalue weighted by atomic mass is 9.98. The van der Waals surface area contributed by atoms with E-state index in [2.05, 4.69) is 4.90 Å². The lowest BCUT2D eigenvalue weighted by Gasteiger charge is -2.42. The molecular formula is C23H31F3N4O2. The predicted molar refractivity (Wildman–Crippen MR) is 115 cm³/mol. The van der Waals surface area contributed by atoms with Gasteiger partial charge in [-0.25, -0.2) is 0 Å². The molecule has 0 radical (unpaired) electrons. The number of alkyl halides is 3. The Labute approximate surface area is 186 Å². The van der Waals surface area contributed by atoms with Gasteiger partial charge in [-0.1, -0.05) is 6.07 Å². The Morgan fingerprint density at radius 1 is 0.938 bits per heavy atom. The first-order valence-corrected chi connectivity index (χ1v) is 11.6. The molecule has 0 N–H and O–H groups in total. The van der Waals surface area contributed by atoms with Gasteiger partial charge < -0.3 is 14.7 Å². The zero-order valence-corrected chi connectivity index (χ0v) is 18.3. The molecule has 9 heteroatoms. The van der Waals surface area contributed by atoms with Crippen LogP contribution in [0.5, 0.6) is 0 Å². The van der Waals surface area contributed by atoms with Gasteiger partial charge in [-0.05, 0) is 56.8 Å². The number of benzene rings is 1. The molecule has 1 aromatic rings. The van der Waals surface area contributed by atoms with Gasteiger partial charge in [0.25, 0.3) is 0 Å². The fraction of sp³-hybridized carbons (Fsp3) is 0.652. The number of halogens is 3. The van der Waals surface area contributed by atoms with Gasteiger partial charge in [-0.3, -0.25) is 14.5 Å². The highest BCUT2D eigenvalue weighted by atomic mass is 19.4. The van der Waals surface area contributed by atoms with E-state index in [0.717, 1.165) is 57.8 Å². The Morgan fingerprint density at radius 3 is 2.44 bits per heavy atom. The van der Waals surface area contributed by atoms with Crippen LogP contribution in [0.1, 0.15) is 37.7 Å². The Hall–Kier alpha value is -2.29. The highest BCUT2D eigenvalue weighted by Gasteiger charge is 2.40. The molecule has 32 heavy (non-hydrogen) atoms. The minimum absolute atomic E-state index is 0.0695. The van der Waals surface area contributed by atoms with Crippen LogP contribution in [-0.2, 0) is 15.8 Å². The van der Waals surface area contributed by atoms with Crippen molar-refractivity contribution in [1.29, 1.82) is 0 Å². The second-order valence-electron chi connectivity index (χ2n) is 8.94. The summed E-state index contributed by atoms with van der Waals surface area (Å²) in [5.41, 5.74) is 0.00373. The zero-order chi connectivity index (χ0) is 22.7. The number of anilines is 1. The summed E-state index contributed by atoms with van der Waals surface area (Å²) in [4.78, 5) is 32.8. The van der Waals surface area contributed by atoms with E-state index in [0.29, 0.717) is 31.9 Å². The van der Waals surface area contributed by atoms with Crippen molar-refractivity contribution in [3.05, 3.63) is 29.8 Å². The fourth-order valence-corrected chi connectivity index (χ4v) is 4.97. The number of amides is 2. The summed E-state index contributed by atoms with van der Waals surface area (Å²) in [6, 6.07) is 5.26. The average Bonchev–Trinajstić information content (AvgIpc) is 2.80. The van der Waals surface area contributed by atoms with E-state index in [9.17, 15) is 22.8 Å². The number of unbranched alkanes of at least 4 members (excludes halogenated alkanes) is 1. The summed E-state index contributed by atoms with van der Waals surface area (Å²) in [5.74, 6) is 0.166. The number of rotatable bonds is 6. The topological polar surface area (TPSA) is 47.1 Å². The van der Waals surface area contributed by atoms with E-state index in [4.69, 9.17) is 0 Å². The quantitative estimate of drug-likeness (QED) is 0.623. The van der Waals surface area contributed by atoms with Crippen LogP contribution in [0.4, 0.5) is 18.9 Å². The summed E-state index contributed by atoms with van der Waals surface area (Å²) in [6.45, 7) is 5.39. The summed E-state index contributed by atoms with van der Waals surface area (Å²) >= 11 is 0. The monoisotopic (exact) mass is 452 g/mol. The molecule has 0 saturated carbocycles. The Morgan fingerprint density at radius 2 is 1.69 bits per heavy atom. The average molecular weight is 453 g/mol. The lowest BCUT2D eigenvalue weighted by Crippen LogP contribution is -2.61. The number of carbonyl (C=O) groups is 2. The molecule has 0 aromatic heterocycles. The molecular weight excluding hydrogens is 421 g/mol. The van der Waals surface area contributed by atoms with Crippen molar-refractivity contribution in [3.8, 4) is 0 Å². The molecule has 3 fully saturated rings. The van der Waals surface area contributed by atoms with Crippen LogP contribution in [0, 0.1) is 0 Å². The van der Waals surface area contributed by atoms with Crippen LogP contribution in [-0.4, -0.2) is 84.9 Å². The van der Waals surface area contributed by atoms with Gasteiger partial charge in [0.15, 0.2) is 0 Å². The maximum atomic E-state index is 13.0. The number of fused-ring (bicyclic) bond motifs is 1. The molecule has 3 heterocycles. The molecule has 1 aromatic carbocycles. The third kappa shape index (κ3) is 5.19. The third-order valence-corrected chi connectivity index (χ3v) is 6.81. The van der Waals surface area contributed by atoms with Crippen molar-refractivity contribution in [3.63, 3.8) is 0 Å². The van der Waals surface area contributed by atoms with Gasteiger partial charge in [0.2, 0.25) is 11.8 Å². The molecule has 6 nitrogen and oxygen atoms in total. The van der Waals surface area contributed by atoms with E-state index in [-0.39, 0.29) is 24.4 Å². The summed E-state index contributed by atoms with van der Waals surface area (Å²) in [7, 11) is 0. The highest BCUT2D eigenvalue weighted by molar-refractivity contribution is 5.95. The standard InChI is InChI=1S/C23H31F3N4O2/c24-23(25,26)18-6-5-7-19(16-18)28-14-12-27(13-15-28)9-3-4-10-29-17-21(31)30-11-2-1-8-20(30)22(29)32/h5-7,16,20H,1-4,8-15,17H2. The predicted octanol–water partition coefficient (Wildman–Crippen LogP) is 2.83. The summed E-state index contributed by atoms with van der Waals surface area (Å²) < 4.78 is 38.9. The fourth-order valence-electron chi connectivity index (χ4n) is 4.97. The van der Waals surface area contributed by atoms with E-state index < -0.39 is 11.7 Å². The SMILES string of the molecule is O=C1C2CCCCN2C(=O)CN1CCCCN1CCN(c2cccc(C(F)(F)F)c2)CC1. The largest absolute Gasteiger partial charge is 0.416 e. The molecule has 2 amide bonds. The Kier molecular flexibility index (Phi) is 6.93. The number of carbonyl (C=O) groups excluding carboxylic acids is 2. The minimum Gasteiger partial charge on any atom is -0.369 e. The summed E-state index contributed by atoms with van der Waals surface area (Å²) in [6.07, 6.45) is 0.206. The van der Waals surface area contributed by atoms with Crippen molar-refractivity contribution in [2.45, 2.75) is 44.3 Å². The van der Waals surface area contributed by atoms with Crippen LogP contribution >= 0.6 is 0 Å². The Balaban J connectivity index is 1.18. The first-order chi connectivity index (χ1) is 15.3. The molecule has 0 bridgehead atoms. The lowest BCUT2D eigenvalue weighted by molar-refractivity contribution is -0.157. The van der Waals surface area contributed by atoms with E-state index in [1.165, 1.54) is 12.1 Å². The van der Waals surface area contributed by atoms with Crippen LogP contribution in [0.2, 0.25) is 0 Å². The van der Waals surface area contributed by atoms with Gasteiger partial charge in [-0.15, -0.1) is 0 Å². The molecule has 0 spiro atoms. The highest BCUT2D eigenvalue weighted by Crippen LogP contribution is 2.32. The summed E-state index contributed by atoms with van der Waals surface area (Å²) in [5, 5.41) is 0. The molecule has 1 unspecified atom stereocenters. The maximum Gasteiger partial charge on any atom is 0.416 e. The van der Waals surface area contributed by atoms with Gasteiger partial charge in [0.05, 0.1) is 12.1 Å². The van der Waals surface area contributed by atoms with Gasteiger partial charge in [0.1, 0.15) is 6.04 Å². The van der Waals surface area contributed by atoms with E-state index >= 15 is 0 Å². The molecule has 3 saturated heterocycles. The molecule has 3 aliphatic rings. The first-order valence-electron chi connectivity index (χ1n) is 11.6. The van der Waals surface area contributed by atoms with E-state index in [1.54, 1.807) is 15.9 Å². The van der Waals surface area contributed by atoms with Gasteiger partial charge in [0, 0.05) is 45.0 Å². The van der Waals surface area contributed by atoms with Crippen molar-refractivity contribution in [2.75, 3.05) is 57.3 Å². The molecule has 1 atom stereocenters. The molecule has 0 aliphatic carbocycles. The number of hydrogen-bond donors (Lipinski definition) is 0. The third-order valence-electron chi connectivity index (χ3n) is 6.81. The van der Waals surface area contributed by atoms with Crippen LogP contribution in [0.25, 0.3) is 0 Å². The van der Waals surface area contributed by atoms with Crippen molar-refractivity contribution in [2.24, 2.45) is 0 Å². The van der Waals surface area contributed by atoms with Crippen molar-refractivity contribution in [1.82, 2.24) is 14.7 Å². The second-order valence-corrected chi connectivity index (χ2v) is 8.94. The molecule has 176 valence electrons.